The van der Waals surface area contributed by atoms with Gasteiger partial charge in [0, 0.05) is 24.6 Å². The topological polar surface area (TPSA) is 72.9 Å². The van der Waals surface area contributed by atoms with Crippen molar-refractivity contribution in [2.45, 2.75) is 26.8 Å². The van der Waals surface area contributed by atoms with Crippen molar-refractivity contribution in [3.05, 3.63) is 63.9 Å². The van der Waals surface area contributed by atoms with E-state index in [-0.39, 0.29) is 12.5 Å². The smallest absolute Gasteiger partial charge is 0.336 e. The van der Waals surface area contributed by atoms with Crippen LogP contribution in [-0.4, -0.2) is 24.5 Å². The molecule has 136 valence electrons. The van der Waals surface area contributed by atoms with Gasteiger partial charge < -0.3 is 18.5 Å². The van der Waals surface area contributed by atoms with E-state index >= 15 is 0 Å². The fourth-order valence-electron chi connectivity index (χ4n) is 2.74. The van der Waals surface area contributed by atoms with E-state index in [4.69, 9.17) is 13.6 Å². The summed E-state index contributed by atoms with van der Waals surface area (Å²) < 4.78 is 16.3. The van der Waals surface area contributed by atoms with E-state index in [0.29, 0.717) is 17.9 Å². The summed E-state index contributed by atoms with van der Waals surface area (Å²) in [5.74, 6) is 1.83. The van der Waals surface area contributed by atoms with Crippen molar-refractivity contribution in [3.8, 4) is 5.75 Å². The van der Waals surface area contributed by atoms with Crippen LogP contribution in [0.2, 0.25) is 0 Å². The van der Waals surface area contributed by atoms with E-state index in [9.17, 15) is 9.59 Å². The number of likely N-dealkylation sites (N-methyl/N-ethyl adjacent to an activating group) is 1. The van der Waals surface area contributed by atoms with E-state index in [1.807, 2.05) is 32.0 Å². The Bertz CT molecular complexity index is 985. The first-order chi connectivity index (χ1) is 12.5. The van der Waals surface area contributed by atoms with Crippen LogP contribution < -0.4 is 10.4 Å². The number of amides is 1. The Hall–Kier alpha value is -3.02. The van der Waals surface area contributed by atoms with Crippen LogP contribution in [0, 0.1) is 6.92 Å². The predicted octanol–water partition coefficient (Wildman–Crippen LogP) is 3.29. The first-order valence-corrected chi connectivity index (χ1v) is 8.45. The van der Waals surface area contributed by atoms with E-state index in [1.165, 1.54) is 11.0 Å². The van der Waals surface area contributed by atoms with Crippen LogP contribution in [0.25, 0.3) is 11.0 Å². The molecule has 26 heavy (non-hydrogen) atoms. The molecule has 1 aromatic carbocycles. The zero-order valence-corrected chi connectivity index (χ0v) is 15.1. The predicted molar refractivity (Wildman–Crippen MR) is 97.3 cm³/mol. The number of aryl methyl sites for hydroxylation is 2. The zero-order valence-electron chi connectivity index (χ0n) is 15.1. The van der Waals surface area contributed by atoms with Gasteiger partial charge in [-0.15, -0.1) is 0 Å². The molecule has 0 saturated carbocycles. The lowest BCUT2D eigenvalue weighted by Gasteiger charge is -2.16. The largest absolute Gasteiger partial charge is 0.484 e. The molecule has 3 aromatic rings. The summed E-state index contributed by atoms with van der Waals surface area (Å²) in [5, 5.41) is 0.871. The highest BCUT2D eigenvalue weighted by Gasteiger charge is 2.13. The van der Waals surface area contributed by atoms with E-state index in [1.54, 1.807) is 19.2 Å². The van der Waals surface area contributed by atoms with Gasteiger partial charge in [0.25, 0.3) is 5.91 Å². The van der Waals surface area contributed by atoms with Crippen molar-refractivity contribution in [2.75, 3.05) is 13.7 Å². The molecule has 0 radical (unpaired) electrons. The minimum absolute atomic E-state index is 0.112. The van der Waals surface area contributed by atoms with E-state index < -0.39 is 5.63 Å². The summed E-state index contributed by atoms with van der Waals surface area (Å²) in [5.41, 5.74) is 0.988. The molecule has 2 aromatic heterocycles. The number of carbonyl (C=O) groups is 1. The first kappa shape index (κ1) is 17.8. The van der Waals surface area contributed by atoms with Crippen molar-refractivity contribution in [2.24, 2.45) is 0 Å². The Morgan fingerprint density at radius 1 is 1.15 bits per heavy atom. The van der Waals surface area contributed by atoms with Crippen molar-refractivity contribution in [1.82, 2.24) is 4.90 Å². The minimum atomic E-state index is -0.393. The van der Waals surface area contributed by atoms with E-state index in [0.717, 1.165) is 28.9 Å². The Labute approximate surface area is 151 Å². The molecular weight excluding hydrogens is 334 g/mol. The van der Waals surface area contributed by atoms with Crippen LogP contribution in [0.15, 0.2) is 50.0 Å². The summed E-state index contributed by atoms with van der Waals surface area (Å²) in [7, 11) is 1.69. The second-order valence-electron chi connectivity index (χ2n) is 6.15. The number of rotatable bonds is 6. The van der Waals surface area contributed by atoms with Gasteiger partial charge in [0.1, 0.15) is 22.9 Å². The molecule has 0 aliphatic carbocycles. The van der Waals surface area contributed by atoms with Gasteiger partial charge in [-0.2, -0.15) is 0 Å². The third kappa shape index (κ3) is 3.96. The highest BCUT2D eigenvalue weighted by Crippen LogP contribution is 2.23. The number of fused-ring (bicyclic) bond motifs is 1. The second-order valence-corrected chi connectivity index (χ2v) is 6.15. The average Bonchev–Trinajstić information content (AvgIpc) is 3.03. The molecule has 0 atom stereocenters. The Balaban J connectivity index is 1.67. The van der Waals surface area contributed by atoms with Gasteiger partial charge in [-0.3, -0.25) is 4.79 Å². The number of carbonyl (C=O) groups excluding carboxylic acids is 1. The fourth-order valence-corrected chi connectivity index (χ4v) is 2.74. The minimum Gasteiger partial charge on any atom is -0.484 e. The first-order valence-electron chi connectivity index (χ1n) is 8.45. The molecular formula is C20H21NO5. The highest BCUT2D eigenvalue weighted by molar-refractivity contribution is 5.82. The Kier molecular flexibility index (Phi) is 5.11. The molecule has 6 nitrogen and oxygen atoms in total. The van der Waals surface area contributed by atoms with Gasteiger partial charge in [0.2, 0.25) is 0 Å². The van der Waals surface area contributed by atoms with Gasteiger partial charge in [-0.1, -0.05) is 6.92 Å². The standard InChI is InChI=1S/C20H21NO5/c1-4-14-9-20(23)26-18-10-15(7-8-17(14)18)24-12-19(22)21(3)11-16-6-5-13(2)25-16/h5-10H,4,11-12H2,1-3H3. The molecule has 6 heteroatoms. The summed E-state index contributed by atoms with van der Waals surface area (Å²) in [6.07, 6.45) is 0.734. The molecule has 2 heterocycles. The summed E-state index contributed by atoms with van der Waals surface area (Å²) >= 11 is 0. The van der Waals surface area contributed by atoms with Gasteiger partial charge in [-0.25, -0.2) is 4.79 Å². The molecule has 0 unspecified atom stereocenters. The van der Waals surface area contributed by atoms with Crippen molar-refractivity contribution in [1.29, 1.82) is 0 Å². The molecule has 0 bridgehead atoms. The van der Waals surface area contributed by atoms with Gasteiger partial charge >= 0.3 is 5.63 Å². The molecule has 0 saturated heterocycles. The molecule has 0 fully saturated rings. The third-order valence-electron chi connectivity index (χ3n) is 4.16. The maximum atomic E-state index is 12.2. The molecule has 0 spiro atoms. The second kappa shape index (κ2) is 7.47. The van der Waals surface area contributed by atoms with Gasteiger partial charge in [0.15, 0.2) is 6.61 Å². The quantitative estimate of drug-likeness (QED) is 0.635. The lowest BCUT2D eigenvalue weighted by molar-refractivity contribution is -0.132. The lowest BCUT2D eigenvalue weighted by atomic mass is 10.1. The van der Waals surface area contributed by atoms with Crippen molar-refractivity contribution >= 4 is 16.9 Å². The summed E-state index contributed by atoms with van der Waals surface area (Å²) in [4.78, 5) is 25.4. The normalized spacial score (nSPS) is 10.9. The molecule has 1 amide bonds. The van der Waals surface area contributed by atoms with Crippen molar-refractivity contribution in [3.63, 3.8) is 0 Å². The molecule has 0 aliphatic rings. The Morgan fingerprint density at radius 3 is 2.65 bits per heavy atom. The van der Waals surface area contributed by atoms with Crippen LogP contribution in [0.5, 0.6) is 5.75 Å². The highest BCUT2D eigenvalue weighted by atomic mass is 16.5. The van der Waals surface area contributed by atoms with Crippen LogP contribution >= 0.6 is 0 Å². The van der Waals surface area contributed by atoms with E-state index in [2.05, 4.69) is 0 Å². The monoisotopic (exact) mass is 355 g/mol. The molecule has 0 N–H and O–H groups in total. The third-order valence-corrected chi connectivity index (χ3v) is 4.16. The number of furan rings is 1. The van der Waals surface area contributed by atoms with Crippen LogP contribution in [0.3, 0.4) is 0 Å². The van der Waals surface area contributed by atoms with Crippen LogP contribution in [0.1, 0.15) is 24.0 Å². The van der Waals surface area contributed by atoms with Gasteiger partial charge in [-0.05, 0) is 43.2 Å². The number of hydrogen-bond donors (Lipinski definition) is 0. The zero-order chi connectivity index (χ0) is 18.7. The maximum Gasteiger partial charge on any atom is 0.336 e. The van der Waals surface area contributed by atoms with Crippen molar-refractivity contribution < 1.29 is 18.4 Å². The van der Waals surface area contributed by atoms with Crippen LogP contribution in [-0.2, 0) is 17.8 Å². The summed E-state index contributed by atoms with van der Waals surface area (Å²) in [6.45, 7) is 4.10. The van der Waals surface area contributed by atoms with Crippen LogP contribution in [0.4, 0.5) is 0 Å². The summed E-state index contributed by atoms with van der Waals surface area (Å²) in [6, 6.07) is 10.4. The number of ether oxygens (including phenoxy) is 1. The fraction of sp³-hybridized carbons (Fsp3) is 0.300. The lowest BCUT2D eigenvalue weighted by Crippen LogP contribution is -2.30. The molecule has 0 aliphatic heterocycles. The Morgan fingerprint density at radius 2 is 1.96 bits per heavy atom. The molecule has 3 rings (SSSR count). The number of nitrogens with zero attached hydrogens (tertiary/aromatic N) is 1. The average molecular weight is 355 g/mol. The maximum absolute atomic E-state index is 12.2. The number of hydrogen-bond acceptors (Lipinski definition) is 5. The SMILES string of the molecule is CCc1cc(=O)oc2cc(OCC(=O)N(C)Cc3ccc(C)o3)ccc12. The number of benzene rings is 1. The van der Waals surface area contributed by atoms with Gasteiger partial charge in [0.05, 0.1) is 6.54 Å².